The van der Waals surface area contributed by atoms with Gasteiger partial charge in [-0.05, 0) is 77.0 Å². The molecule has 5 heteroatoms. The summed E-state index contributed by atoms with van der Waals surface area (Å²) < 4.78 is 17.4. The first-order chi connectivity index (χ1) is 31.6. The van der Waals surface area contributed by atoms with Gasteiger partial charge in [0.2, 0.25) is 0 Å². The van der Waals surface area contributed by atoms with Gasteiger partial charge in [0.05, 0.1) is 6.61 Å². The van der Waals surface area contributed by atoms with Crippen molar-refractivity contribution in [3.05, 3.63) is 48.6 Å². The Morgan fingerprint density at radius 2 is 0.703 bits per heavy atom. The fourth-order valence-electron chi connectivity index (χ4n) is 8.17. The van der Waals surface area contributed by atoms with Crippen LogP contribution in [0.4, 0.5) is 0 Å². The average molecular weight is 898 g/mol. The lowest BCUT2D eigenvalue weighted by Gasteiger charge is -2.18. The van der Waals surface area contributed by atoms with E-state index >= 15 is 0 Å². The van der Waals surface area contributed by atoms with E-state index in [2.05, 4.69) is 69.4 Å². The quantitative estimate of drug-likeness (QED) is 0.0346. The zero-order valence-corrected chi connectivity index (χ0v) is 43.1. The maximum absolute atomic E-state index is 12.8. The first-order valence-corrected chi connectivity index (χ1v) is 28.2. The van der Waals surface area contributed by atoms with Crippen LogP contribution in [0.2, 0.25) is 0 Å². The van der Waals surface area contributed by atoms with Crippen molar-refractivity contribution in [3.63, 3.8) is 0 Å². The normalized spacial score (nSPS) is 12.5. The second-order valence-corrected chi connectivity index (χ2v) is 18.8. The van der Waals surface area contributed by atoms with Gasteiger partial charge in [-0.15, -0.1) is 0 Å². The highest BCUT2D eigenvalue weighted by molar-refractivity contribution is 5.70. The minimum Gasteiger partial charge on any atom is -0.462 e. The molecule has 64 heavy (non-hydrogen) atoms. The molecule has 0 fully saturated rings. The third kappa shape index (κ3) is 52.5. The van der Waals surface area contributed by atoms with Gasteiger partial charge in [-0.2, -0.15) is 0 Å². The monoisotopic (exact) mass is 897 g/mol. The largest absolute Gasteiger partial charge is 0.462 e. The van der Waals surface area contributed by atoms with Gasteiger partial charge >= 0.3 is 11.9 Å². The maximum atomic E-state index is 12.8. The molecule has 0 radical (unpaired) electrons. The predicted octanol–water partition coefficient (Wildman–Crippen LogP) is 19.1. The Hall–Kier alpha value is -2.14. The molecule has 0 aliphatic carbocycles. The molecule has 0 spiro atoms. The summed E-state index contributed by atoms with van der Waals surface area (Å²) in [7, 11) is 0. The van der Waals surface area contributed by atoms with Crippen LogP contribution >= 0.6 is 0 Å². The molecule has 374 valence electrons. The van der Waals surface area contributed by atoms with E-state index in [0.717, 1.165) is 70.6 Å². The van der Waals surface area contributed by atoms with Crippen LogP contribution in [0.1, 0.15) is 290 Å². The van der Waals surface area contributed by atoms with E-state index in [4.69, 9.17) is 14.2 Å². The average Bonchev–Trinajstić information content (AvgIpc) is 3.30. The third-order valence-corrected chi connectivity index (χ3v) is 12.3. The second kappa shape index (κ2) is 55.2. The molecule has 0 rings (SSSR count). The molecular weight excluding hydrogens is 789 g/mol. The van der Waals surface area contributed by atoms with E-state index in [0.29, 0.717) is 19.4 Å². The number of hydrogen-bond acceptors (Lipinski definition) is 5. The summed E-state index contributed by atoms with van der Waals surface area (Å²) in [5, 5.41) is 0. The number of unbranched alkanes of at least 4 members (excludes halogenated alkanes) is 33. The predicted molar refractivity (Wildman–Crippen MR) is 279 cm³/mol. The summed E-state index contributed by atoms with van der Waals surface area (Å²) >= 11 is 0. The molecule has 0 aliphatic rings. The molecular formula is C59H108O5. The van der Waals surface area contributed by atoms with Crippen LogP contribution in [-0.4, -0.2) is 37.9 Å². The summed E-state index contributed by atoms with van der Waals surface area (Å²) in [6.45, 7) is 7.71. The standard InChI is InChI=1S/C59H108O5/c1-4-7-10-13-16-19-22-25-27-29-30-31-32-35-37-40-43-46-49-52-58(60)63-56-57(64-59(61)53-50-47-44-41-38-34-24-21-18-15-12-9-6-3)55-62-54-51-48-45-42-39-36-33-28-26-23-20-17-14-11-8-5-2/h9,12,18,21,26,28,34,38,57H,4-8,10-11,13-17,19-20,22-25,27,29-33,35-37,39-56H2,1-3H3/b12-9-,21-18-,28-26-,38-34-. The molecule has 0 saturated carbocycles. The Bertz CT molecular complexity index is 1060. The van der Waals surface area contributed by atoms with Crippen LogP contribution in [0.15, 0.2) is 48.6 Å². The molecule has 0 amide bonds. The third-order valence-electron chi connectivity index (χ3n) is 12.3. The van der Waals surface area contributed by atoms with E-state index in [1.54, 1.807) is 0 Å². The molecule has 0 heterocycles. The van der Waals surface area contributed by atoms with Crippen LogP contribution in [0.5, 0.6) is 0 Å². The number of carbonyl (C=O) groups excluding carboxylic acids is 2. The molecule has 1 atom stereocenters. The first-order valence-electron chi connectivity index (χ1n) is 28.2. The Labute approximate surface area is 399 Å². The molecule has 5 nitrogen and oxygen atoms in total. The summed E-state index contributed by atoms with van der Waals surface area (Å²) in [5.41, 5.74) is 0. The highest BCUT2D eigenvalue weighted by atomic mass is 16.6. The molecule has 0 aromatic carbocycles. The SMILES string of the molecule is CC/C=C\C/C=C\C/C=C\CCCCCC(=O)OC(COCCCCCCCC/C=C\CCCCCCCC)COC(=O)CCCCCCCCCCCCCCCCCCCCC. The topological polar surface area (TPSA) is 61.8 Å². The van der Waals surface area contributed by atoms with Crippen molar-refractivity contribution in [2.24, 2.45) is 0 Å². The van der Waals surface area contributed by atoms with E-state index < -0.39 is 6.10 Å². The fraction of sp³-hybridized carbons (Fsp3) is 0.831. The van der Waals surface area contributed by atoms with Crippen LogP contribution in [-0.2, 0) is 23.8 Å². The summed E-state index contributed by atoms with van der Waals surface area (Å²) in [5.74, 6) is -0.420. The lowest BCUT2D eigenvalue weighted by molar-refractivity contribution is -0.163. The Morgan fingerprint density at radius 1 is 0.359 bits per heavy atom. The number of rotatable bonds is 52. The van der Waals surface area contributed by atoms with Gasteiger partial charge in [-0.25, -0.2) is 0 Å². The van der Waals surface area contributed by atoms with Gasteiger partial charge in [0.25, 0.3) is 0 Å². The highest BCUT2D eigenvalue weighted by Crippen LogP contribution is 2.16. The maximum Gasteiger partial charge on any atom is 0.306 e. The Kier molecular flexibility index (Phi) is 53.3. The van der Waals surface area contributed by atoms with E-state index in [-0.39, 0.29) is 25.2 Å². The number of carbonyl (C=O) groups is 2. The Morgan fingerprint density at radius 3 is 1.16 bits per heavy atom. The zero-order chi connectivity index (χ0) is 46.3. The first kappa shape index (κ1) is 61.9. The van der Waals surface area contributed by atoms with Crippen LogP contribution < -0.4 is 0 Å². The summed E-state index contributed by atoms with van der Waals surface area (Å²) in [6, 6.07) is 0. The smallest absolute Gasteiger partial charge is 0.306 e. The van der Waals surface area contributed by atoms with Crippen molar-refractivity contribution in [3.8, 4) is 0 Å². The van der Waals surface area contributed by atoms with E-state index in [9.17, 15) is 9.59 Å². The number of ether oxygens (including phenoxy) is 3. The number of esters is 2. The van der Waals surface area contributed by atoms with Crippen molar-refractivity contribution in [1.82, 2.24) is 0 Å². The van der Waals surface area contributed by atoms with E-state index in [1.807, 2.05) is 0 Å². The van der Waals surface area contributed by atoms with Gasteiger partial charge in [-0.3, -0.25) is 9.59 Å². The van der Waals surface area contributed by atoms with Crippen LogP contribution in [0.25, 0.3) is 0 Å². The minimum atomic E-state index is -0.552. The van der Waals surface area contributed by atoms with E-state index in [1.165, 1.54) is 186 Å². The van der Waals surface area contributed by atoms with Gasteiger partial charge in [0, 0.05) is 19.4 Å². The van der Waals surface area contributed by atoms with Crippen molar-refractivity contribution in [2.75, 3.05) is 19.8 Å². The minimum absolute atomic E-state index is 0.0746. The molecule has 1 unspecified atom stereocenters. The van der Waals surface area contributed by atoms with Crippen LogP contribution in [0.3, 0.4) is 0 Å². The van der Waals surface area contributed by atoms with Crippen molar-refractivity contribution < 1.29 is 23.8 Å². The zero-order valence-electron chi connectivity index (χ0n) is 43.1. The molecule has 0 bridgehead atoms. The van der Waals surface area contributed by atoms with Gasteiger partial charge in [0.15, 0.2) is 6.10 Å². The summed E-state index contributed by atoms with van der Waals surface area (Å²) in [4.78, 5) is 25.5. The van der Waals surface area contributed by atoms with Crippen molar-refractivity contribution >= 4 is 11.9 Å². The molecule has 0 aromatic heterocycles. The van der Waals surface area contributed by atoms with Gasteiger partial charge in [0.1, 0.15) is 6.61 Å². The fourth-order valence-corrected chi connectivity index (χ4v) is 8.17. The molecule has 0 aromatic rings. The lowest BCUT2D eigenvalue weighted by atomic mass is 10.0. The molecule has 0 saturated heterocycles. The van der Waals surface area contributed by atoms with Crippen molar-refractivity contribution in [2.45, 2.75) is 297 Å². The van der Waals surface area contributed by atoms with Crippen LogP contribution in [0, 0.1) is 0 Å². The molecule has 0 N–H and O–H groups in total. The van der Waals surface area contributed by atoms with Gasteiger partial charge < -0.3 is 14.2 Å². The number of allylic oxidation sites excluding steroid dienone is 8. The highest BCUT2D eigenvalue weighted by Gasteiger charge is 2.17. The lowest BCUT2D eigenvalue weighted by Crippen LogP contribution is -2.30. The molecule has 0 aliphatic heterocycles. The van der Waals surface area contributed by atoms with Crippen molar-refractivity contribution in [1.29, 1.82) is 0 Å². The number of hydrogen-bond donors (Lipinski definition) is 0. The van der Waals surface area contributed by atoms with Gasteiger partial charge in [-0.1, -0.05) is 249 Å². The Balaban J connectivity index is 4.23. The second-order valence-electron chi connectivity index (χ2n) is 18.8. The summed E-state index contributed by atoms with van der Waals surface area (Å²) in [6.07, 6.45) is 68.5.